The van der Waals surface area contributed by atoms with E-state index in [1.54, 1.807) is 26.4 Å². The minimum Gasteiger partial charge on any atom is -0.495 e. The summed E-state index contributed by atoms with van der Waals surface area (Å²) < 4.78 is 26.5. The Labute approximate surface area is 121 Å². The summed E-state index contributed by atoms with van der Waals surface area (Å²) in [4.78, 5) is 0. The van der Waals surface area contributed by atoms with Crippen LogP contribution in [0.15, 0.2) is 16.6 Å². The van der Waals surface area contributed by atoms with Gasteiger partial charge in [0.05, 0.1) is 14.2 Å². The van der Waals surface area contributed by atoms with Gasteiger partial charge in [0.25, 0.3) is 0 Å². The Morgan fingerprint density at radius 3 is 2.68 bits per heavy atom. The fourth-order valence-electron chi connectivity index (χ4n) is 2.55. The summed E-state index contributed by atoms with van der Waals surface area (Å²) in [7, 11) is 3.14. The molecule has 0 saturated carbocycles. The molecule has 0 aliphatic carbocycles. The predicted molar refractivity (Wildman–Crippen MR) is 76.8 cm³/mol. The maximum atomic E-state index is 15.2. The average Bonchev–Trinajstić information content (AvgIpc) is 2.64. The fraction of sp³-hybridized carbons (Fsp3) is 0.571. The number of alkyl halides is 1. The highest BCUT2D eigenvalue weighted by atomic mass is 79.9. The van der Waals surface area contributed by atoms with Crippen LogP contribution < -0.4 is 14.8 Å². The van der Waals surface area contributed by atoms with Gasteiger partial charge in [-0.1, -0.05) is 0 Å². The minimum absolute atomic E-state index is 0.460. The van der Waals surface area contributed by atoms with E-state index in [9.17, 15) is 0 Å². The summed E-state index contributed by atoms with van der Waals surface area (Å²) >= 11 is 3.43. The SMILES string of the molecule is COc1ccc(C2(F)CCCNCC2)c(OC)c1Br. The normalized spacial score (nSPS) is 23.8. The molecule has 1 aromatic carbocycles. The summed E-state index contributed by atoms with van der Waals surface area (Å²) in [6, 6.07) is 3.55. The van der Waals surface area contributed by atoms with Crippen molar-refractivity contribution in [2.45, 2.75) is 24.9 Å². The first-order chi connectivity index (χ1) is 9.12. The maximum absolute atomic E-state index is 15.2. The van der Waals surface area contributed by atoms with E-state index in [1.807, 2.05) is 0 Å². The summed E-state index contributed by atoms with van der Waals surface area (Å²) in [5.41, 5.74) is -0.740. The Morgan fingerprint density at radius 2 is 2.00 bits per heavy atom. The van der Waals surface area contributed by atoms with Gasteiger partial charge in [0.15, 0.2) is 0 Å². The van der Waals surface area contributed by atoms with Crippen LogP contribution in [0.4, 0.5) is 4.39 Å². The third kappa shape index (κ3) is 2.87. The molecule has 0 spiro atoms. The van der Waals surface area contributed by atoms with Crippen LogP contribution in [0.25, 0.3) is 0 Å². The average molecular weight is 332 g/mol. The molecule has 19 heavy (non-hydrogen) atoms. The number of halogens is 2. The highest BCUT2D eigenvalue weighted by Gasteiger charge is 2.36. The number of ether oxygens (including phenoxy) is 2. The van der Waals surface area contributed by atoms with Crippen LogP contribution in [0.2, 0.25) is 0 Å². The third-order valence-electron chi connectivity index (χ3n) is 3.59. The summed E-state index contributed by atoms with van der Waals surface area (Å²) in [6.45, 7) is 1.55. The van der Waals surface area contributed by atoms with Gasteiger partial charge in [0, 0.05) is 5.56 Å². The lowest BCUT2D eigenvalue weighted by atomic mass is 9.88. The van der Waals surface area contributed by atoms with Crippen LogP contribution in [-0.4, -0.2) is 27.3 Å². The van der Waals surface area contributed by atoms with Crippen molar-refractivity contribution in [2.75, 3.05) is 27.3 Å². The van der Waals surface area contributed by atoms with E-state index >= 15 is 4.39 Å². The summed E-state index contributed by atoms with van der Waals surface area (Å²) in [6.07, 6.45) is 1.79. The molecular weight excluding hydrogens is 313 g/mol. The largest absolute Gasteiger partial charge is 0.495 e. The van der Waals surface area contributed by atoms with Crippen LogP contribution in [0.5, 0.6) is 11.5 Å². The molecule has 0 aromatic heterocycles. The number of methoxy groups -OCH3 is 2. The second-order valence-electron chi connectivity index (χ2n) is 4.73. The van der Waals surface area contributed by atoms with Gasteiger partial charge in [-0.2, -0.15) is 0 Å². The molecule has 1 aromatic rings. The lowest BCUT2D eigenvalue weighted by molar-refractivity contribution is 0.140. The molecule has 106 valence electrons. The van der Waals surface area contributed by atoms with Crippen LogP contribution in [0.1, 0.15) is 24.8 Å². The van der Waals surface area contributed by atoms with E-state index in [4.69, 9.17) is 9.47 Å². The molecule has 0 radical (unpaired) electrons. The molecule has 0 bridgehead atoms. The zero-order valence-corrected chi connectivity index (χ0v) is 12.8. The number of nitrogens with one attached hydrogen (secondary N) is 1. The van der Waals surface area contributed by atoms with Crippen LogP contribution in [0.3, 0.4) is 0 Å². The molecule has 1 aliphatic rings. The van der Waals surface area contributed by atoms with E-state index < -0.39 is 5.67 Å². The van der Waals surface area contributed by atoms with Gasteiger partial charge in [0.2, 0.25) is 0 Å². The quantitative estimate of drug-likeness (QED) is 0.920. The Bertz CT molecular complexity index is 445. The lowest BCUT2D eigenvalue weighted by Crippen LogP contribution is -2.23. The second kappa shape index (κ2) is 6.09. The molecular formula is C14H19BrFNO2. The number of hydrogen-bond acceptors (Lipinski definition) is 3. The number of rotatable bonds is 3. The van der Waals surface area contributed by atoms with E-state index in [0.29, 0.717) is 40.9 Å². The summed E-state index contributed by atoms with van der Waals surface area (Å²) in [5.74, 6) is 1.18. The van der Waals surface area contributed by atoms with Crippen molar-refractivity contribution < 1.29 is 13.9 Å². The van der Waals surface area contributed by atoms with Gasteiger partial charge in [-0.25, -0.2) is 4.39 Å². The molecule has 2 rings (SSSR count). The van der Waals surface area contributed by atoms with Gasteiger partial charge >= 0.3 is 0 Å². The molecule has 1 fully saturated rings. The molecule has 5 heteroatoms. The molecule has 1 heterocycles. The van der Waals surface area contributed by atoms with Gasteiger partial charge < -0.3 is 14.8 Å². The second-order valence-corrected chi connectivity index (χ2v) is 5.52. The van der Waals surface area contributed by atoms with Crippen molar-refractivity contribution in [1.29, 1.82) is 0 Å². The topological polar surface area (TPSA) is 30.5 Å². The van der Waals surface area contributed by atoms with E-state index in [1.165, 1.54) is 0 Å². The van der Waals surface area contributed by atoms with Crippen molar-refractivity contribution in [3.63, 3.8) is 0 Å². The molecule has 3 nitrogen and oxygen atoms in total. The van der Waals surface area contributed by atoms with E-state index in [0.717, 1.165) is 13.0 Å². The molecule has 1 N–H and O–H groups in total. The maximum Gasteiger partial charge on any atom is 0.143 e. The Hall–Kier alpha value is -0.810. The minimum atomic E-state index is -1.34. The van der Waals surface area contributed by atoms with Crippen molar-refractivity contribution in [1.82, 2.24) is 5.32 Å². The molecule has 1 unspecified atom stereocenters. The monoisotopic (exact) mass is 331 g/mol. The molecule has 1 aliphatic heterocycles. The Kier molecular flexibility index (Phi) is 4.68. The summed E-state index contributed by atoms with van der Waals surface area (Å²) in [5, 5.41) is 3.23. The van der Waals surface area contributed by atoms with Crippen molar-refractivity contribution in [3.05, 3.63) is 22.2 Å². The highest BCUT2D eigenvalue weighted by molar-refractivity contribution is 9.10. The van der Waals surface area contributed by atoms with E-state index in [2.05, 4.69) is 21.2 Å². The molecule has 0 amide bonds. The number of hydrogen-bond donors (Lipinski definition) is 1. The van der Waals surface area contributed by atoms with Gasteiger partial charge in [-0.15, -0.1) is 0 Å². The van der Waals surface area contributed by atoms with Gasteiger partial charge in [-0.05, 0) is 60.4 Å². The van der Waals surface area contributed by atoms with Crippen LogP contribution in [0, 0.1) is 0 Å². The van der Waals surface area contributed by atoms with Gasteiger partial charge in [0.1, 0.15) is 21.6 Å². The van der Waals surface area contributed by atoms with Crippen molar-refractivity contribution in [3.8, 4) is 11.5 Å². The number of benzene rings is 1. The Balaban J connectivity index is 2.45. The van der Waals surface area contributed by atoms with Gasteiger partial charge in [-0.3, -0.25) is 0 Å². The zero-order valence-electron chi connectivity index (χ0n) is 11.3. The standard InChI is InChI=1S/C14H19BrFNO2/c1-18-11-5-4-10(13(19-2)12(11)15)14(16)6-3-8-17-9-7-14/h4-5,17H,3,6-9H2,1-2H3. The first-order valence-electron chi connectivity index (χ1n) is 6.43. The van der Waals surface area contributed by atoms with E-state index in [-0.39, 0.29) is 0 Å². The van der Waals surface area contributed by atoms with Crippen LogP contribution >= 0.6 is 15.9 Å². The third-order valence-corrected chi connectivity index (χ3v) is 4.34. The van der Waals surface area contributed by atoms with Crippen molar-refractivity contribution in [2.24, 2.45) is 0 Å². The van der Waals surface area contributed by atoms with Crippen molar-refractivity contribution >= 4 is 15.9 Å². The molecule has 1 saturated heterocycles. The van der Waals surface area contributed by atoms with Crippen LogP contribution in [-0.2, 0) is 5.67 Å². The molecule has 1 atom stereocenters. The lowest BCUT2D eigenvalue weighted by Gasteiger charge is -2.26. The zero-order chi connectivity index (χ0) is 13.9. The first-order valence-corrected chi connectivity index (χ1v) is 7.22. The smallest absolute Gasteiger partial charge is 0.143 e. The first kappa shape index (κ1) is 14.6. The highest BCUT2D eigenvalue weighted by Crippen LogP contribution is 2.46. The Morgan fingerprint density at radius 1 is 1.21 bits per heavy atom. The predicted octanol–water partition coefficient (Wildman–Crippen LogP) is 3.40. The fourth-order valence-corrected chi connectivity index (χ4v) is 3.22.